The lowest BCUT2D eigenvalue weighted by Gasteiger charge is -2.25. The number of nitrogens with two attached hydrogens (primary N) is 1. The van der Waals surface area contributed by atoms with E-state index < -0.39 is 5.92 Å². The van der Waals surface area contributed by atoms with Gasteiger partial charge in [0.25, 0.3) is 0 Å². The van der Waals surface area contributed by atoms with Crippen LogP contribution in [-0.4, -0.2) is 17.3 Å². The predicted octanol–water partition coefficient (Wildman–Crippen LogP) is 4.01. The van der Waals surface area contributed by atoms with Crippen molar-refractivity contribution in [2.45, 2.75) is 19.1 Å². The summed E-state index contributed by atoms with van der Waals surface area (Å²) in [6.07, 6.45) is 0. The highest BCUT2D eigenvalue weighted by atomic mass is 35.5. The van der Waals surface area contributed by atoms with E-state index in [1.807, 2.05) is 48.5 Å². The Kier molecular flexibility index (Phi) is 5.61. The lowest BCUT2D eigenvalue weighted by Crippen LogP contribution is -2.21. The van der Waals surface area contributed by atoms with Crippen LogP contribution in [0.1, 0.15) is 28.3 Å². The Bertz CT molecular complexity index is 1130. The van der Waals surface area contributed by atoms with Crippen LogP contribution in [0.15, 0.2) is 60.0 Å². The summed E-state index contributed by atoms with van der Waals surface area (Å²) in [6.45, 7) is 0.635. The molecule has 2 heterocycles. The third-order valence-electron chi connectivity index (χ3n) is 4.84. The Hall–Kier alpha value is -3.47. The molecule has 8 heteroatoms. The van der Waals surface area contributed by atoms with Gasteiger partial charge in [-0.25, -0.2) is 0 Å². The molecular formula is C22H19ClN4O3. The van der Waals surface area contributed by atoms with Gasteiger partial charge in [0.15, 0.2) is 0 Å². The number of nitrogens with zero attached hydrogens (tertiary/aromatic N) is 2. The number of H-pyrrole nitrogens is 1. The quantitative estimate of drug-likeness (QED) is 0.621. The van der Waals surface area contributed by atoms with Crippen LogP contribution >= 0.6 is 11.6 Å². The second-order valence-corrected chi connectivity index (χ2v) is 7.17. The van der Waals surface area contributed by atoms with Crippen molar-refractivity contribution in [3.05, 3.63) is 87.4 Å². The molecule has 7 nitrogen and oxygen atoms in total. The number of aromatic amines is 1. The van der Waals surface area contributed by atoms with Crippen LogP contribution in [0.4, 0.5) is 0 Å². The number of nitrogens with one attached hydrogen (secondary N) is 1. The molecule has 152 valence electrons. The molecule has 1 atom stereocenters. The van der Waals surface area contributed by atoms with E-state index in [4.69, 9.17) is 31.5 Å². The minimum atomic E-state index is -0.496. The molecule has 0 aliphatic carbocycles. The van der Waals surface area contributed by atoms with Crippen LogP contribution in [0.25, 0.3) is 0 Å². The lowest BCUT2D eigenvalue weighted by atomic mass is 9.83. The minimum absolute atomic E-state index is 0.0259. The molecule has 1 aliphatic heterocycles. The maximum atomic E-state index is 9.82. The summed E-state index contributed by atoms with van der Waals surface area (Å²) in [5.41, 5.74) is 9.52. The normalized spacial score (nSPS) is 15.3. The van der Waals surface area contributed by atoms with Gasteiger partial charge >= 0.3 is 0 Å². The Morgan fingerprint density at radius 2 is 1.97 bits per heavy atom. The van der Waals surface area contributed by atoms with E-state index in [2.05, 4.69) is 16.3 Å². The van der Waals surface area contributed by atoms with E-state index >= 15 is 0 Å². The van der Waals surface area contributed by atoms with Gasteiger partial charge in [0.2, 0.25) is 11.8 Å². The molecule has 0 amide bonds. The summed E-state index contributed by atoms with van der Waals surface area (Å²) in [5.74, 6) is 0.494. The monoisotopic (exact) mass is 422 g/mol. The number of ether oxygens (including phenoxy) is 3. The second kappa shape index (κ2) is 8.49. The van der Waals surface area contributed by atoms with Crippen molar-refractivity contribution >= 4 is 11.6 Å². The number of allylic oxidation sites excluding steroid dienone is 1. The summed E-state index contributed by atoms with van der Waals surface area (Å²) < 4.78 is 17.0. The molecular weight excluding hydrogens is 404 g/mol. The van der Waals surface area contributed by atoms with Crippen molar-refractivity contribution in [1.29, 1.82) is 5.26 Å². The average molecular weight is 423 g/mol. The molecule has 3 N–H and O–H groups in total. The third-order valence-corrected chi connectivity index (χ3v) is 5.10. The molecule has 0 bridgehead atoms. The fraction of sp³-hybridized carbons (Fsp3) is 0.182. The van der Waals surface area contributed by atoms with Crippen molar-refractivity contribution < 1.29 is 14.2 Å². The fourth-order valence-corrected chi connectivity index (χ4v) is 3.59. The van der Waals surface area contributed by atoms with Crippen LogP contribution in [0.5, 0.6) is 11.6 Å². The summed E-state index contributed by atoms with van der Waals surface area (Å²) in [4.78, 5) is 0. The number of rotatable bonds is 6. The molecule has 2 aromatic carbocycles. The summed E-state index contributed by atoms with van der Waals surface area (Å²) >= 11 is 5.96. The SMILES string of the molecule is COCc1[nH]nc2c1C(c1ccccc1OCc1ccc(Cl)cc1)C(C#N)=C(N)O2. The van der Waals surface area contributed by atoms with Crippen molar-refractivity contribution in [1.82, 2.24) is 10.2 Å². The predicted molar refractivity (Wildman–Crippen MR) is 111 cm³/mol. The standard InChI is InChI=1S/C22H19ClN4O3/c1-28-12-17-20-19(16(10-24)21(25)30-22(20)27-26-17)15-4-2-3-5-18(15)29-11-13-6-8-14(23)9-7-13/h2-9,19H,11-12,25H2,1H3,(H,26,27). The Morgan fingerprint density at radius 3 is 2.70 bits per heavy atom. The fourth-order valence-electron chi connectivity index (χ4n) is 3.47. The van der Waals surface area contributed by atoms with Crippen LogP contribution in [0.2, 0.25) is 5.02 Å². The molecule has 0 saturated carbocycles. The van der Waals surface area contributed by atoms with Gasteiger partial charge in [0, 0.05) is 17.7 Å². The van der Waals surface area contributed by atoms with Crippen molar-refractivity contribution in [2.75, 3.05) is 7.11 Å². The van der Waals surface area contributed by atoms with E-state index in [0.717, 1.165) is 11.1 Å². The molecule has 1 aliphatic rings. The Balaban J connectivity index is 1.75. The molecule has 0 fully saturated rings. The number of benzene rings is 2. The molecule has 1 aromatic heterocycles. The number of para-hydroxylation sites is 1. The number of nitriles is 1. The van der Waals surface area contributed by atoms with Crippen LogP contribution in [0, 0.1) is 11.3 Å². The molecule has 4 rings (SSSR count). The summed E-state index contributed by atoms with van der Waals surface area (Å²) in [5, 5.41) is 17.6. The van der Waals surface area contributed by atoms with Gasteiger partial charge in [-0.05, 0) is 23.8 Å². The van der Waals surface area contributed by atoms with Gasteiger partial charge in [-0.15, -0.1) is 5.10 Å². The summed E-state index contributed by atoms with van der Waals surface area (Å²) in [6, 6.07) is 17.2. The van der Waals surface area contributed by atoms with Crippen molar-refractivity contribution in [3.8, 4) is 17.7 Å². The Labute approximate surface area is 178 Å². The number of fused-ring (bicyclic) bond motifs is 1. The van der Waals surface area contributed by atoms with Gasteiger partial charge in [0.05, 0.1) is 23.8 Å². The maximum absolute atomic E-state index is 9.82. The zero-order chi connectivity index (χ0) is 21.1. The molecule has 30 heavy (non-hydrogen) atoms. The van der Waals surface area contributed by atoms with E-state index in [-0.39, 0.29) is 12.5 Å². The van der Waals surface area contributed by atoms with Gasteiger partial charge < -0.3 is 19.9 Å². The topological polar surface area (TPSA) is 106 Å². The van der Waals surface area contributed by atoms with E-state index in [1.54, 1.807) is 7.11 Å². The van der Waals surface area contributed by atoms with Gasteiger partial charge in [-0.1, -0.05) is 41.9 Å². The molecule has 0 saturated heterocycles. The highest BCUT2D eigenvalue weighted by Gasteiger charge is 2.36. The first-order chi connectivity index (χ1) is 14.6. The lowest BCUT2D eigenvalue weighted by molar-refractivity contribution is 0.180. The average Bonchev–Trinajstić information content (AvgIpc) is 3.15. The molecule has 1 unspecified atom stereocenters. The van der Waals surface area contributed by atoms with Crippen LogP contribution in [0.3, 0.4) is 0 Å². The van der Waals surface area contributed by atoms with E-state index in [1.165, 1.54) is 0 Å². The number of halogens is 1. The first kappa shape index (κ1) is 19.8. The number of methoxy groups -OCH3 is 1. The highest BCUT2D eigenvalue weighted by Crippen LogP contribution is 2.45. The van der Waals surface area contributed by atoms with Crippen LogP contribution in [-0.2, 0) is 18.0 Å². The number of hydrogen-bond acceptors (Lipinski definition) is 6. The molecule has 0 radical (unpaired) electrons. The Morgan fingerprint density at radius 1 is 1.20 bits per heavy atom. The number of hydrogen-bond donors (Lipinski definition) is 2. The van der Waals surface area contributed by atoms with Crippen LogP contribution < -0.4 is 15.2 Å². The third kappa shape index (κ3) is 3.71. The second-order valence-electron chi connectivity index (χ2n) is 6.73. The summed E-state index contributed by atoms with van der Waals surface area (Å²) in [7, 11) is 1.59. The van der Waals surface area contributed by atoms with E-state index in [9.17, 15) is 5.26 Å². The highest BCUT2D eigenvalue weighted by molar-refractivity contribution is 6.30. The van der Waals surface area contributed by atoms with Gasteiger partial charge in [-0.2, -0.15) is 5.26 Å². The number of aromatic nitrogens is 2. The van der Waals surface area contributed by atoms with Gasteiger partial charge in [0.1, 0.15) is 24.0 Å². The zero-order valence-corrected chi connectivity index (χ0v) is 16.9. The minimum Gasteiger partial charge on any atom is -0.489 e. The van der Waals surface area contributed by atoms with Crippen molar-refractivity contribution in [2.24, 2.45) is 5.73 Å². The smallest absolute Gasteiger partial charge is 0.244 e. The zero-order valence-electron chi connectivity index (χ0n) is 16.2. The molecule has 0 spiro atoms. The van der Waals surface area contributed by atoms with E-state index in [0.29, 0.717) is 40.1 Å². The van der Waals surface area contributed by atoms with Gasteiger partial charge in [-0.3, -0.25) is 5.10 Å². The first-order valence-corrected chi connectivity index (χ1v) is 9.60. The maximum Gasteiger partial charge on any atom is 0.244 e. The molecule has 3 aromatic rings. The first-order valence-electron chi connectivity index (χ1n) is 9.22. The van der Waals surface area contributed by atoms with Crippen molar-refractivity contribution in [3.63, 3.8) is 0 Å². The largest absolute Gasteiger partial charge is 0.489 e.